The predicted octanol–water partition coefficient (Wildman–Crippen LogP) is 4.16. The van der Waals surface area contributed by atoms with Crippen molar-refractivity contribution in [2.24, 2.45) is 0 Å². The minimum Gasteiger partial charge on any atom is -0.381 e. The van der Waals surface area contributed by atoms with Crippen LogP contribution >= 0.6 is 15.9 Å². The summed E-state index contributed by atoms with van der Waals surface area (Å²) in [5.74, 6) is 0.173. The first-order valence-corrected chi connectivity index (χ1v) is 13.1. The van der Waals surface area contributed by atoms with Crippen molar-refractivity contribution in [3.05, 3.63) is 28.2 Å². The zero-order valence-electron chi connectivity index (χ0n) is 14.7. The molecule has 1 spiro atoms. The number of benzene rings is 1. The van der Waals surface area contributed by atoms with Gasteiger partial charge in [-0.3, -0.25) is 9.69 Å². The van der Waals surface area contributed by atoms with E-state index in [1.807, 2.05) is 17.0 Å². The third-order valence-electron chi connectivity index (χ3n) is 4.98. The number of nitrogens with zero attached hydrogens (tertiary/aromatic N) is 1. The lowest BCUT2D eigenvalue weighted by Gasteiger charge is -2.32. The molecule has 0 aliphatic carbocycles. The van der Waals surface area contributed by atoms with Crippen molar-refractivity contribution in [2.45, 2.75) is 43.9 Å². The molecule has 4 nitrogen and oxygen atoms in total. The molecule has 0 aromatic heterocycles. The average Bonchev–Trinajstić information content (AvgIpc) is 2.73. The third kappa shape index (κ3) is 3.47. The SMILES string of the molecule is C[Si](C)(C)CCOCN1C(=O)C2(CCOCC2)c2ccc(Br)cc21. The molecule has 0 bridgehead atoms. The molecular formula is C18H26BrNO3Si. The summed E-state index contributed by atoms with van der Waals surface area (Å²) in [6, 6.07) is 7.27. The first-order valence-electron chi connectivity index (χ1n) is 8.61. The van der Waals surface area contributed by atoms with Crippen LogP contribution in [0.3, 0.4) is 0 Å². The molecule has 6 heteroatoms. The van der Waals surface area contributed by atoms with E-state index in [9.17, 15) is 4.79 Å². The Morgan fingerprint density at radius 2 is 2.00 bits per heavy atom. The lowest BCUT2D eigenvalue weighted by atomic mass is 9.75. The molecule has 0 saturated carbocycles. The molecule has 2 aliphatic rings. The fourth-order valence-electron chi connectivity index (χ4n) is 3.48. The normalized spacial score (nSPS) is 19.8. The van der Waals surface area contributed by atoms with E-state index in [0.717, 1.165) is 41.2 Å². The Morgan fingerprint density at radius 1 is 1.29 bits per heavy atom. The van der Waals surface area contributed by atoms with E-state index in [1.165, 1.54) is 0 Å². The summed E-state index contributed by atoms with van der Waals surface area (Å²) in [6.07, 6.45) is 1.51. The number of amides is 1. The summed E-state index contributed by atoms with van der Waals surface area (Å²) in [5.41, 5.74) is 1.70. The van der Waals surface area contributed by atoms with Gasteiger partial charge in [-0.1, -0.05) is 41.6 Å². The summed E-state index contributed by atoms with van der Waals surface area (Å²) >= 11 is 3.53. The van der Waals surface area contributed by atoms with E-state index >= 15 is 0 Å². The smallest absolute Gasteiger partial charge is 0.239 e. The van der Waals surface area contributed by atoms with Crippen LogP contribution in [0.25, 0.3) is 0 Å². The highest BCUT2D eigenvalue weighted by Crippen LogP contribution is 2.48. The molecule has 24 heavy (non-hydrogen) atoms. The number of ether oxygens (including phenoxy) is 2. The Hall–Kier alpha value is -0.693. The molecule has 0 N–H and O–H groups in total. The number of rotatable bonds is 5. The van der Waals surface area contributed by atoms with Gasteiger partial charge < -0.3 is 9.47 Å². The van der Waals surface area contributed by atoms with Gasteiger partial charge in [-0.05, 0) is 36.6 Å². The monoisotopic (exact) mass is 411 g/mol. The molecular weight excluding hydrogens is 386 g/mol. The van der Waals surface area contributed by atoms with Gasteiger partial charge in [0.25, 0.3) is 0 Å². The Balaban J connectivity index is 1.80. The number of hydrogen-bond donors (Lipinski definition) is 0. The summed E-state index contributed by atoms with van der Waals surface area (Å²) in [7, 11) is -1.12. The van der Waals surface area contributed by atoms with Crippen LogP contribution in [0, 0.1) is 0 Å². The van der Waals surface area contributed by atoms with Gasteiger partial charge in [0.2, 0.25) is 5.91 Å². The minimum atomic E-state index is -1.12. The maximum absolute atomic E-state index is 13.2. The van der Waals surface area contributed by atoms with Gasteiger partial charge in [0.1, 0.15) is 6.73 Å². The first-order chi connectivity index (χ1) is 11.3. The fraction of sp³-hybridized carbons (Fsp3) is 0.611. The minimum absolute atomic E-state index is 0.173. The maximum atomic E-state index is 13.2. The Labute approximate surface area is 153 Å². The van der Waals surface area contributed by atoms with Gasteiger partial charge in [-0.2, -0.15) is 0 Å². The fourth-order valence-corrected chi connectivity index (χ4v) is 4.59. The summed E-state index contributed by atoms with van der Waals surface area (Å²) < 4.78 is 12.4. The number of fused-ring (bicyclic) bond motifs is 2. The Kier molecular flexibility index (Phi) is 5.21. The Bertz CT molecular complexity index is 623. The molecule has 1 saturated heterocycles. The molecule has 132 valence electrons. The van der Waals surface area contributed by atoms with Gasteiger partial charge >= 0.3 is 0 Å². The number of carbonyl (C=O) groups excluding carboxylic acids is 1. The van der Waals surface area contributed by atoms with E-state index in [2.05, 4.69) is 41.6 Å². The highest BCUT2D eigenvalue weighted by molar-refractivity contribution is 9.10. The van der Waals surface area contributed by atoms with Gasteiger partial charge in [0.15, 0.2) is 0 Å². The van der Waals surface area contributed by atoms with Crippen LogP contribution in [0.2, 0.25) is 25.7 Å². The van der Waals surface area contributed by atoms with Crippen molar-refractivity contribution >= 4 is 35.6 Å². The second-order valence-corrected chi connectivity index (χ2v) is 14.5. The zero-order valence-corrected chi connectivity index (χ0v) is 17.3. The van der Waals surface area contributed by atoms with E-state index in [4.69, 9.17) is 9.47 Å². The predicted molar refractivity (Wildman–Crippen MR) is 102 cm³/mol. The summed E-state index contributed by atoms with van der Waals surface area (Å²) in [4.78, 5) is 15.1. The molecule has 0 unspecified atom stereocenters. The molecule has 1 aromatic carbocycles. The van der Waals surface area contributed by atoms with E-state index in [-0.39, 0.29) is 5.91 Å². The van der Waals surface area contributed by atoms with Crippen molar-refractivity contribution in [1.29, 1.82) is 0 Å². The average molecular weight is 412 g/mol. The molecule has 3 rings (SSSR count). The second kappa shape index (κ2) is 6.90. The van der Waals surface area contributed by atoms with Crippen LogP contribution in [-0.2, 0) is 19.7 Å². The molecule has 0 atom stereocenters. The van der Waals surface area contributed by atoms with Crippen molar-refractivity contribution < 1.29 is 14.3 Å². The van der Waals surface area contributed by atoms with Gasteiger partial charge in [0.05, 0.1) is 11.1 Å². The zero-order chi connectivity index (χ0) is 17.4. The lowest BCUT2D eigenvalue weighted by molar-refractivity contribution is -0.127. The highest BCUT2D eigenvalue weighted by atomic mass is 79.9. The molecule has 2 aliphatic heterocycles. The van der Waals surface area contributed by atoms with Gasteiger partial charge in [-0.15, -0.1) is 0 Å². The van der Waals surface area contributed by atoms with Crippen molar-refractivity contribution in [2.75, 3.05) is 31.5 Å². The van der Waals surface area contributed by atoms with Crippen LogP contribution in [0.4, 0.5) is 5.69 Å². The van der Waals surface area contributed by atoms with E-state index in [1.54, 1.807) is 0 Å². The van der Waals surface area contributed by atoms with Crippen molar-refractivity contribution in [1.82, 2.24) is 0 Å². The molecule has 1 amide bonds. The standard InChI is InChI=1S/C18H26BrNO3Si/c1-24(2,3)11-10-23-13-20-16-12-14(19)4-5-15(16)18(17(20)21)6-8-22-9-7-18/h4-5,12H,6-11,13H2,1-3H3. The quantitative estimate of drug-likeness (QED) is 0.539. The van der Waals surface area contributed by atoms with Gasteiger partial charge in [0, 0.05) is 32.4 Å². The number of anilines is 1. The lowest BCUT2D eigenvalue weighted by Crippen LogP contribution is -2.44. The van der Waals surface area contributed by atoms with Crippen LogP contribution < -0.4 is 4.90 Å². The largest absolute Gasteiger partial charge is 0.381 e. The number of halogens is 1. The number of carbonyl (C=O) groups is 1. The van der Waals surface area contributed by atoms with E-state index < -0.39 is 13.5 Å². The van der Waals surface area contributed by atoms with Crippen LogP contribution in [0.1, 0.15) is 18.4 Å². The van der Waals surface area contributed by atoms with E-state index in [0.29, 0.717) is 19.9 Å². The first kappa shape index (κ1) is 18.1. The maximum Gasteiger partial charge on any atom is 0.239 e. The Morgan fingerprint density at radius 3 is 2.67 bits per heavy atom. The van der Waals surface area contributed by atoms with Crippen molar-refractivity contribution in [3.63, 3.8) is 0 Å². The molecule has 1 aromatic rings. The van der Waals surface area contributed by atoms with Gasteiger partial charge in [-0.25, -0.2) is 0 Å². The highest BCUT2D eigenvalue weighted by Gasteiger charge is 2.51. The van der Waals surface area contributed by atoms with Crippen LogP contribution in [0.15, 0.2) is 22.7 Å². The summed E-state index contributed by atoms with van der Waals surface area (Å²) in [6.45, 7) is 9.36. The van der Waals surface area contributed by atoms with Crippen LogP contribution in [0.5, 0.6) is 0 Å². The molecule has 0 radical (unpaired) electrons. The van der Waals surface area contributed by atoms with Crippen LogP contribution in [-0.4, -0.2) is 40.5 Å². The summed E-state index contributed by atoms with van der Waals surface area (Å²) in [5, 5.41) is 0. The number of hydrogen-bond acceptors (Lipinski definition) is 3. The topological polar surface area (TPSA) is 38.8 Å². The third-order valence-corrected chi connectivity index (χ3v) is 7.18. The molecule has 2 heterocycles. The molecule has 1 fully saturated rings. The van der Waals surface area contributed by atoms with Crippen molar-refractivity contribution in [3.8, 4) is 0 Å². The second-order valence-electron chi connectivity index (χ2n) is 7.94.